The number of aliphatic hydroxyl groups excluding tert-OH is 2. The van der Waals surface area contributed by atoms with Crippen LogP contribution in [0.2, 0.25) is 0 Å². The third kappa shape index (κ3) is 28.3. The molecule has 5 N–H and O–H groups in total. The molecule has 0 fully saturated rings. The van der Waals surface area contributed by atoms with Crippen molar-refractivity contribution in [3.05, 3.63) is 97.2 Å². The average Bonchev–Trinajstić information content (AvgIpc) is 3.18. The highest BCUT2D eigenvalue weighted by atomic mass is 31.2. The summed E-state index contributed by atoms with van der Waals surface area (Å²) in [6.45, 7) is 2.88. The van der Waals surface area contributed by atoms with E-state index in [4.69, 9.17) is 14.8 Å². The van der Waals surface area contributed by atoms with Crippen LogP contribution in [-0.2, 0) is 23.2 Å². The molecule has 0 aromatic carbocycles. The summed E-state index contributed by atoms with van der Waals surface area (Å²) >= 11 is 0. The molecular formula is C45H74NO8P. The lowest BCUT2D eigenvalue weighted by atomic mass is 9.83. The summed E-state index contributed by atoms with van der Waals surface area (Å²) in [7, 11) is -5.01. The van der Waals surface area contributed by atoms with Crippen LogP contribution in [0.5, 0.6) is 0 Å². The summed E-state index contributed by atoms with van der Waals surface area (Å²) in [4.78, 5) is 37.6. The van der Waals surface area contributed by atoms with E-state index in [0.717, 1.165) is 51.4 Å². The van der Waals surface area contributed by atoms with Crippen molar-refractivity contribution >= 4 is 19.4 Å². The van der Waals surface area contributed by atoms with Crippen LogP contribution in [0.15, 0.2) is 97.2 Å². The van der Waals surface area contributed by atoms with Crippen molar-refractivity contribution in [2.75, 3.05) is 19.8 Å². The number of carbonyl (C=O) groups is 2. The molecule has 0 heterocycles. The number of hydrogen-bond donors (Lipinski definition) is 4. The minimum absolute atomic E-state index is 0.116. The molecule has 0 rings (SSSR count). The molecule has 312 valence electrons. The van der Waals surface area contributed by atoms with Gasteiger partial charge < -0.3 is 20.8 Å². The molecule has 0 spiro atoms. The zero-order valence-electron chi connectivity index (χ0n) is 34.0. The summed E-state index contributed by atoms with van der Waals surface area (Å²) in [5, 5.41) is 20.7. The van der Waals surface area contributed by atoms with Gasteiger partial charge in [0.05, 0.1) is 13.2 Å². The SMILES string of the molecule is CCCCCC=CCC=CCC=CCC=CCCCC(=O)C(OP(=O)(O)OCCN)(C(=O)CCCC=CCC=CCC=CCC=CCCCCC)[C@@H](O)CO. The van der Waals surface area contributed by atoms with Crippen LogP contribution in [0.25, 0.3) is 0 Å². The highest BCUT2D eigenvalue weighted by Crippen LogP contribution is 2.49. The topological polar surface area (TPSA) is 156 Å². The first-order chi connectivity index (χ1) is 26.7. The van der Waals surface area contributed by atoms with Crippen LogP contribution in [0, 0.1) is 0 Å². The summed E-state index contributed by atoms with van der Waals surface area (Å²) in [5.74, 6) is -1.78. The first-order valence-corrected chi connectivity index (χ1v) is 22.1. The molecule has 0 aliphatic heterocycles. The minimum atomic E-state index is -5.01. The highest BCUT2D eigenvalue weighted by molar-refractivity contribution is 7.47. The van der Waals surface area contributed by atoms with Gasteiger partial charge in [0.1, 0.15) is 6.10 Å². The fourth-order valence-electron chi connectivity index (χ4n) is 5.45. The fraction of sp³-hybridized carbons (Fsp3) is 0.600. The lowest BCUT2D eigenvalue weighted by Gasteiger charge is -2.35. The maximum Gasteiger partial charge on any atom is 0.473 e. The van der Waals surface area contributed by atoms with Crippen LogP contribution in [0.4, 0.5) is 0 Å². The molecular weight excluding hydrogens is 713 g/mol. The van der Waals surface area contributed by atoms with Gasteiger partial charge >= 0.3 is 7.82 Å². The van der Waals surface area contributed by atoms with Crippen LogP contribution < -0.4 is 5.73 Å². The Balaban J connectivity index is 5.03. The number of unbranched alkanes of at least 4 members (excludes halogenated alkanes) is 8. The van der Waals surface area contributed by atoms with E-state index in [-0.39, 0.29) is 26.0 Å². The molecule has 55 heavy (non-hydrogen) atoms. The van der Waals surface area contributed by atoms with E-state index >= 15 is 0 Å². The van der Waals surface area contributed by atoms with E-state index < -0.39 is 37.7 Å². The van der Waals surface area contributed by atoms with Gasteiger partial charge in [-0.1, -0.05) is 137 Å². The number of phosphoric acid groups is 1. The molecule has 0 aromatic heterocycles. The first-order valence-electron chi connectivity index (χ1n) is 20.6. The number of allylic oxidation sites excluding steroid dienone is 16. The Morgan fingerprint density at radius 3 is 1.24 bits per heavy atom. The largest absolute Gasteiger partial charge is 0.473 e. The molecule has 0 saturated heterocycles. The van der Waals surface area contributed by atoms with Crippen molar-refractivity contribution in [1.82, 2.24) is 0 Å². The van der Waals surface area contributed by atoms with Crippen LogP contribution in [-0.4, -0.2) is 58.1 Å². The second-order valence-electron chi connectivity index (χ2n) is 13.4. The summed E-state index contributed by atoms with van der Waals surface area (Å²) in [6, 6.07) is 0. The number of aliphatic hydroxyl groups is 2. The van der Waals surface area contributed by atoms with E-state index in [9.17, 15) is 29.3 Å². The van der Waals surface area contributed by atoms with Gasteiger partial charge in [-0.2, -0.15) is 0 Å². The van der Waals surface area contributed by atoms with Gasteiger partial charge in [-0.3, -0.25) is 18.6 Å². The predicted molar refractivity (Wildman–Crippen MR) is 229 cm³/mol. The van der Waals surface area contributed by atoms with Crippen molar-refractivity contribution in [2.45, 2.75) is 154 Å². The number of carbonyl (C=O) groups excluding carboxylic acids is 2. The van der Waals surface area contributed by atoms with Gasteiger partial charge in [0, 0.05) is 19.4 Å². The second-order valence-corrected chi connectivity index (χ2v) is 14.8. The lowest BCUT2D eigenvalue weighted by molar-refractivity contribution is -0.164. The number of hydrogen-bond acceptors (Lipinski definition) is 8. The minimum Gasteiger partial charge on any atom is -0.394 e. The Morgan fingerprint density at radius 1 is 0.600 bits per heavy atom. The predicted octanol–water partition coefficient (Wildman–Crippen LogP) is 10.6. The zero-order chi connectivity index (χ0) is 40.7. The highest BCUT2D eigenvalue weighted by Gasteiger charge is 2.55. The van der Waals surface area contributed by atoms with Gasteiger partial charge in [0.25, 0.3) is 0 Å². The molecule has 1 unspecified atom stereocenters. The summed E-state index contributed by atoms with van der Waals surface area (Å²) in [6.07, 6.45) is 47.4. The van der Waals surface area contributed by atoms with E-state index in [1.165, 1.54) is 38.5 Å². The molecule has 0 aliphatic rings. The van der Waals surface area contributed by atoms with Gasteiger partial charge in [-0.15, -0.1) is 0 Å². The molecule has 0 bridgehead atoms. The number of ketones is 2. The molecule has 10 heteroatoms. The van der Waals surface area contributed by atoms with Crippen molar-refractivity contribution < 1.29 is 38.3 Å². The average molecular weight is 788 g/mol. The van der Waals surface area contributed by atoms with E-state index in [0.29, 0.717) is 25.7 Å². The third-order valence-electron chi connectivity index (χ3n) is 8.57. The number of Topliss-reactive ketones (excluding diaryl/α,β-unsaturated/α-hetero) is 2. The Labute approximate surface area is 333 Å². The standard InChI is InChI=1S/C45H74NO8P/c1-3-5-7-9-11-13-15-17-19-21-23-25-27-29-31-33-35-37-42(48)45(44(50)41-47,54-55(51,52)53-40-39-46)43(49)38-36-34-32-30-28-26-24-22-20-18-16-14-12-10-8-6-4-2/h11-14,17-20,23-26,29-32,44,47,50H,3-10,15-16,21-22,27-28,33-41,46H2,1-2H3,(H,51,52)/t44-,45?/m0/s1. The van der Waals surface area contributed by atoms with E-state index in [2.05, 4.69) is 86.8 Å². The normalized spacial score (nSPS) is 15.7. The van der Waals surface area contributed by atoms with Gasteiger partial charge in [-0.05, 0) is 89.9 Å². The van der Waals surface area contributed by atoms with Crippen LogP contribution >= 0.6 is 7.82 Å². The smallest absolute Gasteiger partial charge is 0.394 e. The zero-order valence-corrected chi connectivity index (χ0v) is 34.9. The van der Waals surface area contributed by atoms with E-state index in [1.807, 2.05) is 24.3 Å². The third-order valence-corrected chi connectivity index (χ3v) is 9.59. The molecule has 0 amide bonds. The Bertz CT molecular complexity index is 1190. The van der Waals surface area contributed by atoms with Gasteiger partial charge in [0.15, 0.2) is 11.6 Å². The Kier molecular flexibility index (Phi) is 35.0. The molecule has 0 radical (unpaired) electrons. The van der Waals surface area contributed by atoms with Crippen molar-refractivity contribution in [1.29, 1.82) is 0 Å². The number of phosphoric ester groups is 1. The van der Waals surface area contributed by atoms with E-state index in [1.54, 1.807) is 0 Å². The molecule has 9 nitrogen and oxygen atoms in total. The van der Waals surface area contributed by atoms with Crippen molar-refractivity contribution in [3.8, 4) is 0 Å². The summed E-state index contributed by atoms with van der Waals surface area (Å²) < 4.78 is 22.8. The maximum absolute atomic E-state index is 13.6. The molecule has 2 atom stereocenters. The Hall–Kier alpha value is -2.75. The molecule has 0 saturated carbocycles. The summed E-state index contributed by atoms with van der Waals surface area (Å²) in [5.41, 5.74) is 2.63. The molecule has 0 aromatic rings. The van der Waals surface area contributed by atoms with Gasteiger partial charge in [-0.25, -0.2) is 4.57 Å². The fourth-order valence-corrected chi connectivity index (χ4v) is 6.53. The number of nitrogens with two attached hydrogens (primary N) is 1. The van der Waals surface area contributed by atoms with Crippen LogP contribution in [0.3, 0.4) is 0 Å². The maximum atomic E-state index is 13.6. The van der Waals surface area contributed by atoms with Crippen LogP contribution in [0.1, 0.15) is 142 Å². The monoisotopic (exact) mass is 788 g/mol. The number of rotatable bonds is 37. The van der Waals surface area contributed by atoms with Gasteiger partial charge in [0.2, 0.25) is 5.60 Å². The second kappa shape index (κ2) is 36.9. The van der Waals surface area contributed by atoms with Crippen molar-refractivity contribution in [2.24, 2.45) is 5.73 Å². The first kappa shape index (κ1) is 52.2. The lowest BCUT2D eigenvalue weighted by Crippen LogP contribution is -2.58. The Morgan fingerprint density at radius 2 is 0.927 bits per heavy atom. The quantitative estimate of drug-likeness (QED) is 0.0208. The van der Waals surface area contributed by atoms with Crippen molar-refractivity contribution in [3.63, 3.8) is 0 Å². The molecule has 0 aliphatic carbocycles.